The molecule has 0 radical (unpaired) electrons. The van der Waals surface area contributed by atoms with E-state index in [9.17, 15) is 4.79 Å². The third-order valence-electron chi connectivity index (χ3n) is 3.50. The van der Waals surface area contributed by atoms with Crippen LogP contribution in [0, 0.1) is 0 Å². The van der Waals surface area contributed by atoms with E-state index in [1.807, 2.05) is 24.3 Å². The number of aryl methyl sites for hydroxylation is 1. The number of hydrogen-bond donors (Lipinski definition) is 1. The summed E-state index contributed by atoms with van der Waals surface area (Å²) in [6, 6.07) is 11.2. The normalized spacial score (nSPS) is 17.4. The first-order chi connectivity index (χ1) is 8.77. The van der Waals surface area contributed by atoms with Gasteiger partial charge in [-0.05, 0) is 36.6 Å². The van der Waals surface area contributed by atoms with E-state index in [1.165, 1.54) is 5.56 Å². The molecule has 1 aromatic heterocycles. The van der Waals surface area contributed by atoms with Gasteiger partial charge >= 0.3 is 0 Å². The van der Waals surface area contributed by atoms with Gasteiger partial charge in [-0.25, -0.2) is 0 Å². The number of hydrogen-bond acceptors (Lipinski definition) is 3. The Hall–Kier alpha value is -2.16. The van der Waals surface area contributed by atoms with E-state index in [0.717, 1.165) is 18.5 Å². The second kappa shape index (κ2) is 4.26. The van der Waals surface area contributed by atoms with Gasteiger partial charge in [0.05, 0.1) is 11.6 Å². The lowest BCUT2D eigenvalue weighted by Crippen LogP contribution is -2.13. The van der Waals surface area contributed by atoms with Gasteiger partial charge in [0.2, 0.25) is 0 Å². The summed E-state index contributed by atoms with van der Waals surface area (Å²) in [5, 5.41) is 0. The lowest BCUT2D eigenvalue weighted by molar-refractivity contribution is 0.0959. The number of fused-ring (bicyclic) bond motifs is 1. The molecule has 3 rings (SSSR count). The minimum absolute atomic E-state index is 0.0885. The van der Waals surface area contributed by atoms with Gasteiger partial charge in [-0.1, -0.05) is 18.2 Å². The highest BCUT2D eigenvalue weighted by molar-refractivity contribution is 6.05. The molecule has 0 spiro atoms. The average Bonchev–Trinajstić information content (AvgIpc) is 2.82. The van der Waals surface area contributed by atoms with Crippen LogP contribution in [-0.4, -0.2) is 10.8 Å². The first-order valence-corrected chi connectivity index (χ1v) is 6.10. The van der Waals surface area contributed by atoms with Crippen LogP contribution < -0.4 is 5.73 Å². The predicted molar refractivity (Wildman–Crippen MR) is 70.5 cm³/mol. The topological polar surface area (TPSA) is 56.0 Å². The molecule has 18 heavy (non-hydrogen) atoms. The largest absolute Gasteiger partial charge is 0.398 e. The van der Waals surface area contributed by atoms with Crippen molar-refractivity contribution in [1.29, 1.82) is 0 Å². The highest BCUT2D eigenvalue weighted by Gasteiger charge is 2.30. The minimum atomic E-state index is -0.133. The number of rotatable bonds is 2. The average molecular weight is 238 g/mol. The maximum Gasteiger partial charge on any atom is 0.173 e. The number of benzene rings is 1. The van der Waals surface area contributed by atoms with Gasteiger partial charge < -0.3 is 5.73 Å². The maximum absolute atomic E-state index is 12.5. The number of nitrogens with zero attached hydrogens (tertiary/aromatic N) is 1. The fourth-order valence-electron chi connectivity index (χ4n) is 2.58. The molecule has 1 unspecified atom stereocenters. The number of carbonyl (C=O) groups is 1. The molecular weight excluding hydrogens is 224 g/mol. The summed E-state index contributed by atoms with van der Waals surface area (Å²) in [5.74, 6) is -0.0450. The number of anilines is 1. The SMILES string of the molecule is Nc1ccccc1C(=O)C1CCc2cccnc21. The van der Waals surface area contributed by atoms with Crippen LogP contribution in [0.4, 0.5) is 5.69 Å². The third kappa shape index (κ3) is 1.68. The van der Waals surface area contributed by atoms with Crippen molar-refractivity contribution < 1.29 is 4.79 Å². The molecule has 2 N–H and O–H groups in total. The van der Waals surface area contributed by atoms with E-state index in [0.29, 0.717) is 11.3 Å². The summed E-state index contributed by atoms with van der Waals surface area (Å²) >= 11 is 0. The number of carbonyl (C=O) groups excluding carboxylic acids is 1. The van der Waals surface area contributed by atoms with Gasteiger partial charge in [0, 0.05) is 17.4 Å². The van der Waals surface area contributed by atoms with Crippen molar-refractivity contribution >= 4 is 11.5 Å². The fourth-order valence-corrected chi connectivity index (χ4v) is 2.58. The highest BCUT2D eigenvalue weighted by Crippen LogP contribution is 2.34. The molecule has 0 bridgehead atoms. The lowest BCUT2D eigenvalue weighted by atomic mass is 9.94. The summed E-state index contributed by atoms with van der Waals surface area (Å²) in [7, 11) is 0. The number of para-hydroxylation sites is 1. The quantitative estimate of drug-likeness (QED) is 0.646. The summed E-state index contributed by atoms with van der Waals surface area (Å²) in [4.78, 5) is 16.9. The van der Waals surface area contributed by atoms with Crippen molar-refractivity contribution in [3.05, 3.63) is 59.4 Å². The molecule has 1 aliphatic carbocycles. The standard InChI is InChI=1S/C15H14N2O/c16-13-6-2-1-5-11(13)15(18)12-8-7-10-4-3-9-17-14(10)12/h1-6,9,12H,7-8,16H2. The van der Waals surface area contributed by atoms with Gasteiger partial charge in [0.15, 0.2) is 5.78 Å². The van der Waals surface area contributed by atoms with Crippen LogP contribution in [0.25, 0.3) is 0 Å². The van der Waals surface area contributed by atoms with Crippen LogP contribution in [0.1, 0.15) is 34.0 Å². The molecule has 3 heteroatoms. The zero-order valence-corrected chi connectivity index (χ0v) is 9.97. The van der Waals surface area contributed by atoms with E-state index in [2.05, 4.69) is 4.98 Å². The van der Waals surface area contributed by atoms with Crippen molar-refractivity contribution in [1.82, 2.24) is 4.98 Å². The molecule has 0 amide bonds. The number of ketones is 1. The molecule has 1 aromatic carbocycles. The lowest BCUT2D eigenvalue weighted by Gasteiger charge is -2.11. The Morgan fingerprint density at radius 2 is 2.06 bits per heavy atom. The van der Waals surface area contributed by atoms with E-state index in [-0.39, 0.29) is 11.7 Å². The Morgan fingerprint density at radius 3 is 2.89 bits per heavy atom. The Labute approximate surface area is 106 Å². The molecule has 3 nitrogen and oxygen atoms in total. The number of nitrogens with two attached hydrogens (primary N) is 1. The summed E-state index contributed by atoms with van der Waals surface area (Å²) < 4.78 is 0. The minimum Gasteiger partial charge on any atom is -0.398 e. The molecule has 1 heterocycles. The monoisotopic (exact) mass is 238 g/mol. The van der Waals surface area contributed by atoms with Gasteiger partial charge in [0.25, 0.3) is 0 Å². The molecule has 0 aliphatic heterocycles. The molecule has 90 valence electrons. The molecule has 2 aromatic rings. The Morgan fingerprint density at radius 1 is 1.22 bits per heavy atom. The predicted octanol–water partition coefficient (Wildman–Crippen LogP) is 2.58. The van der Waals surface area contributed by atoms with Gasteiger partial charge in [-0.15, -0.1) is 0 Å². The number of aromatic nitrogens is 1. The van der Waals surface area contributed by atoms with Crippen molar-refractivity contribution in [2.24, 2.45) is 0 Å². The van der Waals surface area contributed by atoms with Gasteiger partial charge in [-0.3, -0.25) is 9.78 Å². The number of Topliss-reactive ketones (excluding diaryl/α,β-unsaturated/α-hetero) is 1. The van der Waals surface area contributed by atoms with E-state index in [1.54, 1.807) is 18.3 Å². The second-order valence-electron chi connectivity index (χ2n) is 4.59. The van der Waals surface area contributed by atoms with E-state index in [4.69, 9.17) is 5.73 Å². The van der Waals surface area contributed by atoms with Crippen LogP contribution >= 0.6 is 0 Å². The number of pyridine rings is 1. The molecule has 1 aliphatic rings. The van der Waals surface area contributed by atoms with Crippen molar-refractivity contribution in [2.75, 3.05) is 5.73 Å². The van der Waals surface area contributed by atoms with E-state index >= 15 is 0 Å². The van der Waals surface area contributed by atoms with Crippen LogP contribution in [0.3, 0.4) is 0 Å². The Kier molecular flexibility index (Phi) is 2.59. The number of nitrogen functional groups attached to an aromatic ring is 1. The molecule has 1 atom stereocenters. The second-order valence-corrected chi connectivity index (χ2v) is 4.59. The zero-order valence-electron chi connectivity index (χ0n) is 9.97. The summed E-state index contributed by atoms with van der Waals surface area (Å²) in [5.41, 5.74) is 9.14. The first-order valence-electron chi connectivity index (χ1n) is 6.10. The molecule has 0 saturated heterocycles. The van der Waals surface area contributed by atoms with Crippen LogP contribution in [-0.2, 0) is 6.42 Å². The summed E-state index contributed by atoms with van der Waals surface area (Å²) in [6.07, 6.45) is 3.50. The smallest absolute Gasteiger partial charge is 0.173 e. The van der Waals surface area contributed by atoms with Crippen LogP contribution in [0.2, 0.25) is 0 Å². The van der Waals surface area contributed by atoms with E-state index < -0.39 is 0 Å². The van der Waals surface area contributed by atoms with Crippen LogP contribution in [0.5, 0.6) is 0 Å². The summed E-state index contributed by atoms with van der Waals surface area (Å²) in [6.45, 7) is 0. The van der Waals surface area contributed by atoms with Gasteiger partial charge in [-0.2, -0.15) is 0 Å². The Balaban J connectivity index is 1.99. The fraction of sp³-hybridized carbons (Fsp3) is 0.200. The zero-order chi connectivity index (χ0) is 12.5. The van der Waals surface area contributed by atoms with Crippen molar-refractivity contribution in [3.8, 4) is 0 Å². The highest BCUT2D eigenvalue weighted by atomic mass is 16.1. The first kappa shape index (κ1) is 11.0. The maximum atomic E-state index is 12.5. The van der Waals surface area contributed by atoms with Gasteiger partial charge in [0.1, 0.15) is 0 Å². The van der Waals surface area contributed by atoms with Crippen molar-refractivity contribution in [3.63, 3.8) is 0 Å². The molecule has 0 saturated carbocycles. The molecule has 0 fully saturated rings. The van der Waals surface area contributed by atoms with Crippen LogP contribution in [0.15, 0.2) is 42.6 Å². The molecular formula is C15H14N2O. The third-order valence-corrected chi connectivity index (χ3v) is 3.50. The Bertz CT molecular complexity index is 607. The van der Waals surface area contributed by atoms with Crippen molar-refractivity contribution in [2.45, 2.75) is 18.8 Å².